The Labute approximate surface area is 92.6 Å². The molecule has 2 rings (SSSR count). The van der Waals surface area contributed by atoms with Crippen molar-refractivity contribution in [1.29, 1.82) is 0 Å². The molecule has 1 aliphatic heterocycles. The fourth-order valence-electron chi connectivity index (χ4n) is 1.34. The van der Waals surface area contributed by atoms with E-state index < -0.39 is 12.1 Å². The minimum atomic E-state index is -0.444. The Balaban J connectivity index is 1.87. The Morgan fingerprint density at radius 1 is 1.38 bits per heavy atom. The van der Waals surface area contributed by atoms with E-state index in [1.807, 2.05) is 6.07 Å². The van der Waals surface area contributed by atoms with Gasteiger partial charge in [0.15, 0.2) is 6.73 Å². The summed E-state index contributed by atoms with van der Waals surface area (Å²) in [5.41, 5.74) is 0.468. The van der Waals surface area contributed by atoms with Gasteiger partial charge in [-0.3, -0.25) is 4.90 Å². The Kier molecular flexibility index (Phi) is 3.05. The molecule has 0 saturated carbocycles. The van der Waals surface area contributed by atoms with Crippen LogP contribution in [-0.2, 0) is 9.47 Å². The highest BCUT2D eigenvalue weighted by Crippen LogP contribution is 2.05. The monoisotopic (exact) mass is 221 g/mol. The number of ether oxygens (including phenoxy) is 2. The van der Waals surface area contributed by atoms with E-state index in [-0.39, 0.29) is 6.73 Å². The number of carbonyl (C=O) groups is 2. The van der Waals surface area contributed by atoms with Gasteiger partial charge in [-0.25, -0.2) is 9.59 Å². The number of carbonyl (C=O) groups excluding carboxylic acids is 2. The van der Waals surface area contributed by atoms with E-state index >= 15 is 0 Å². The predicted molar refractivity (Wildman–Crippen MR) is 54.8 cm³/mol. The number of cyclic esters (lactones) is 1. The molecule has 5 nitrogen and oxygen atoms in total. The summed E-state index contributed by atoms with van der Waals surface area (Å²) in [6.07, 6.45) is -0.444. The van der Waals surface area contributed by atoms with Gasteiger partial charge in [0.05, 0.1) is 12.1 Å². The van der Waals surface area contributed by atoms with Crippen LogP contribution in [-0.4, -0.2) is 36.8 Å². The van der Waals surface area contributed by atoms with Crippen LogP contribution in [0.2, 0.25) is 0 Å². The molecule has 0 aliphatic carbocycles. The molecule has 84 valence electrons. The average Bonchev–Trinajstić information content (AvgIpc) is 2.73. The first-order valence-electron chi connectivity index (χ1n) is 4.91. The molecular weight excluding hydrogens is 210 g/mol. The van der Waals surface area contributed by atoms with Crippen molar-refractivity contribution in [2.45, 2.75) is 0 Å². The van der Waals surface area contributed by atoms with Crippen molar-refractivity contribution >= 4 is 12.1 Å². The molecule has 1 aromatic carbocycles. The molecule has 0 atom stereocenters. The highest BCUT2D eigenvalue weighted by atomic mass is 16.6. The molecule has 16 heavy (non-hydrogen) atoms. The Hall–Kier alpha value is -2.04. The van der Waals surface area contributed by atoms with Crippen LogP contribution in [0.5, 0.6) is 0 Å². The van der Waals surface area contributed by atoms with Crippen LogP contribution >= 0.6 is 0 Å². The number of esters is 1. The van der Waals surface area contributed by atoms with Gasteiger partial charge in [-0.2, -0.15) is 0 Å². The fourth-order valence-corrected chi connectivity index (χ4v) is 1.34. The van der Waals surface area contributed by atoms with Crippen LogP contribution in [0.1, 0.15) is 10.4 Å². The van der Waals surface area contributed by atoms with Crippen molar-refractivity contribution in [3.05, 3.63) is 35.9 Å². The number of rotatable bonds is 3. The van der Waals surface area contributed by atoms with E-state index in [1.165, 1.54) is 4.90 Å². The third kappa shape index (κ3) is 2.31. The lowest BCUT2D eigenvalue weighted by Gasteiger charge is -2.12. The summed E-state index contributed by atoms with van der Waals surface area (Å²) in [6.45, 7) is 0.745. The summed E-state index contributed by atoms with van der Waals surface area (Å²) in [7, 11) is 0. The molecule has 0 unspecified atom stereocenters. The number of hydrogen-bond donors (Lipinski definition) is 0. The summed E-state index contributed by atoms with van der Waals surface area (Å²) in [5.74, 6) is -0.444. The molecule has 0 N–H and O–H groups in total. The summed E-state index contributed by atoms with van der Waals surface area (Å²) >= 11 is 0. The van der Waals surface area contributed by atoms with Gasteiger partial charge >= 0.3 is 12.1 Å². The quantitative estimate of drug-likeness (QED) is 0.721. The van der Waals surface area contributed by atoms with Crippen LogP contribution in [0.3, 0.4) is 0 Å². The van der Waals surface area contributed by atoms with E-state index in [2.05, 4.69) is 0 Å². The van der Waals surface area contributed by atoms with Crippen LogP contribution in [0, 0.1) is 0 Å². The number of benzene rings is 1. The van der Waals surface area contributed by atoms with Gasteiger partial charge in [0, 0.05) is 0 Å². The van der Waals surface area contributed by atoms with Gasteiger partial charge in [0.2, 0.25) is 0 Å². The SMILES string of the molecule is O=C(OCN1CCOC1=O)c1ccccc1. The summed E-state index contributed by atoms with van der Waals surface area (Å²) in [4.78, 5) is 23.9. The van der Waals surface area contributed by atoms with Crippen LogP contribution in [0.4, 0.5) is 4.79 Å². The van der Waals surface area contributed by atoms with Crippen molar-refractivity contribution in [2.24, 2.45) is 0 Å². The third-order valence-electron chi connectivity index (χ3n) is 2.21. The largest absolute Gasteiger partial charge is 0.447 e. The first-order chi connectivity index (χ1) is 7.77. The lowest BCUT2D eigenvalue weighted by atomic mass is 10.2. The number of amides is 1. The minimum absolute atomic E-state index is 0.0629. The first-order valence-corrected chi connectivity index (χ1v) is 4.91. The average molecular weight is 221 g/mol. The molecule has 5 heteroatoms. The van der Waals surface area contributed by atoms with Crippen LogP contribution in [0.25, 0.3) is 0 Å². The highest BCUT2D eigenvalue weighted by Gasteiger charge is 2.22. The van der Waals surface area contributed by atoms with Crippen molar-refractivity contribution in [3.63, 3.8) is 0 Å². The van der Waals surface area contributed by atoms with Crippen LogP contribution < -0.4 is 0 Å². The second-order valence-electron chi connectivity index (χ2n) is 3.30. The lowest BCUT2D eigenvalue weighted by Crippen LogP contribution is -2.28. The second kappa shape index (κ2) is 4.65. The number of hydrogen-bond acceptors (Lipinski definition) is 4. The Morgan fingerprint density at radius 2 is 2.12 bits per heavy atom. The maximum atomic E-state index is 11.5. The van der Waals surface area contributed by atoms with E-state index in [0.717, 1.165) is 0 Å². The van der Waals surface area contributed by atoms with Crippen molar-refractivity contribution < 1.29 is 19.1 Å². The zero-order valence-electron chi connectivity index (χ0n) is 8.59. The molecule has 1 saturated heterocycles. The topological polar surface area (TPSA) is 55.8 Å². The van der Waals surface area contributed by atoms with Gasteiger partial charge in [-0.1, -0.05) is 18.2 Å². The minimum Gasteiger partial charge on any atom is -0.447 e. The fraction of sp³-hybridized carbons (Fsp3) is 0.273. The van der Waals surface area contributed by atoms with Gasteiger partial charge < -0.3 is 9.47 Å². The molecule has 1 amide bonds. The van der Waals surface area contributed by atoms with E-state index in [9.17, 15) is 9.59 Å². The summed E-state index contributed by atoms with van der Waals surface area (Å²) < 4.78 is 9.67. The summed E-state index contributed by atoms with van der Waals surface area (Å²) in [5, 5.41) is 0. The van der Waals surface area contributed by atoms with E-state index in [4.69, 9.17) is 9.47 Å². The molecule has 0 bridgehead atoms. The zero-order chi connectivity index (χ0) is 11.4. The predicted octanol–water partition coefficient (Wildman–Crippen LogP) is 1.25. The van der Waals surface area contributed by atoms with Crippen molar-refractivity contribution in [2.75, 3.05) is 19.9 Å². The van der Waals surface area contributed by atoms with Gasteiger partial charge in [-0.15, -0.1) is 0 Å². The van der Waals surface area contributed by atoms with E-state index in [1.54, 1.807) is 24.3 Å². The van der Waals surface area contributed by atoms with Gasteiger partial charge in [0.1, 0.15) is 6.61 Å². The molecule has 1 fully saturated rings. The molecule has 1 aliphatic rings. The normalized spacial score (nSPS) is 14.8. The highest BCUT2D eigenvalue weighted by molar-refractivity contribution is 5.89. The maximum absolute atomic E-state index is 11.5. The standard InChI is InChI=1S/C11H11NO4/c13-10(9-4-2-1-3-5-9)16-8-12-6-7-15-11(12)14/h1-5H,6-8H2. The van der Waals surface area contributed by atoms with Gasteiger partial charge in [-0.05, 0) is 12.1 Å². The Morgan fingerprint density at radius 3 is 2.75 bits per heavy atom. The zero-order valence-corrected chi connectivity index (χ0v) is 8.59. The maximum Gasteiger partial charge on any atom is 0.412 e. The van der Waals surface area contributed by atoms with Crippen molar-refractivity contribution in [3.8, 4) is 0 Å². The van der Waals surface area contributed by atoms with Crippen LogP contribution in [0.15, 0.2) is 30.3 Å². The van der Waals surface area contributed by atoms with Crippen molar-refractivity contribution in [1.82, 2.24) is 4.90 Å². The molecule has 1 heterocycles. The third-order valence-corrected chi connectivity index (χ3v) is 2.21. The molecular formula is C11H11NO4. The molecule has 1 aromatic rings. The lowest BCUT2D eigenvalue weighted by molar-refractivity contribution is 0.0317. The van der Waals surface area contributed by atoms with E-state index in [0.29, 0.717) is 18.7 Å². The first kappa shape index (κ1) is 10.5. The molecule has 0 spiro atoms. The smallest absolute Gasteiger partial charge is 0.412 e. The Bertz CT molecular complexity index is 390. The van der Waals surface area contributed by atoms with Gasteiger partial charge in [0.25, 0.3) is 0 Å². The number of nitrogens with zero attached hydrogens (tertiary/aromatic N) is 1. The summed E-state index contributed by atoms with van der Waals surface area (Å²) in [6, 6.07) is 8.63. The second-order valence-corrected chi connectivity index (χ2v) is 3.30. The molecule has 0 aromatic heterocycles. The molecule has 0 radical (unpaired) electrons.